The van der Waals surface area contributed by atoms with Crippen molar-refractivity contribution in [3.8, 4) is 0 Å². The van der Waals surface area contributed by atoms with E-state index in [0.717, 1.165) is 62.0 Å². The summed E-state index contributed by atoms with van der Waals surface area (Å²) in [5.74, 6) is 3.73. The smallest absolute Gasteiger partial charge is 0.352 e. The van der Waals surface area contributed by atoms with Crippen LogP contribution < -0.4 is 15.5 Å². The fourth-order valence-electron chi connectivity index (χ4n) is 7.47. The fourth-order valence-corrected chi connectivity index (χ4v) is 7.47. The van der Waals surface area contributed by atoms with Gasteiger partial charge in [-0.2, -0.15) is 9.97 Å². The first kappa shape index (κ1) is 20.2. The van der Waals surface area contributed by atoms with Crippen LogP contribution in [0.1, 0.15) is 44.3 Å². The van der Waals surface area contributed by atoms with Crippen LogP contribution in [-0.4, -0.2) is 40.7 Å². The molecule has 0 atom stereocenters. The van der Waals surface area contributed by atoms with E-state index in [1.807, 2.05) is 23.6 Å². The van der Waals surface area contributed by atoms with Gasteiger partial charge in [0.1, 0.15) is 11.6 Å². The van der Waals surface area contributed by atoms with Crippen molar-refractivity contribution in [3.05, 3.63) is 46.4 Å². The molecule has 170 valence electrons. The average Bonchev–Trinajstić information content (AvgIpc) is 2.76. The molecule has 7 heteroatoms. The van der Waals surface area contributed by atoms with Crippen LogP contribution in [0.15, 0.2) is 29.1 Å². The van der Waals surface area contributed by atoms with E-state index in [1.54, 1.807) is 0 Å². The normalized spacial score (nSPS) is 31.4. The highest BCUT2D eigenvalue weighted by Gasteiger charge is 2.51. The molecule has 4 aliphatic carbocycles. The predicted octanol–water partition coefficient (Wildman–Crippen LogP) is 3.63. The number of hydrogen-bond acceptors (Lipinski definition) is 5. The van der Waals surface area contributed by atoms with Gasteiger partial charge in [0.15, 0.2) is 0 Å². The van der Waals surface area contributed by atoms with Gasteiger partial charge in [0.2, 0.25) is 5.95 Å². The lowest BCUT2D eigenvalue weighted by molar-refractivity contribution is -0.0629. The summed E-state index contributed by atoms with van der Waals surface area (Å²) < 4.78 is 15.1. The van der Waals surface area contributed by atoms with E-state index < -0.39 is 0 Å². The van der Waals surface area contributed by atoms with Crippen molar-refractivity contribution in [2.24, 2.45) is 23.2 Å². The maximum absolute atomic E-state index is 13.2. The van der Waals surface area contributed by atoms with Crippen LogP contribution in [0.5, 0.6) is 0 Å². The summed E-state index contributed by atoms with van der Waals surface area (Å²) in [5.41, 5.74) is 1.16. The van der Waals surface area contributed by atoms with Crippen molar-refractivity contribution in [1.82, 2.24) is 14.5 Å². The molecule has 5 fully saturated rings. The van der Waals surface area contributed by atoms with E-state index >= 15 is 0 Å². The van der Waals surface area contributed by atoms with Crippen LogP contribution in [0.25, 0.3) is 0 Å². The Labute approximate surface area is 188 Å². The van der Waals surface area contributed by atoms with E-state index in [1.165, 1.54) is 50.7 Å². The Morgan fingerprint density at radius 1 is 0.906 bits per heavy atom. The molecular formula is C25H32FN5O. The lowest BCUT2D eigenvalue weighted by Crippen LogP contribution is -2.50. The number of benzene rings is 1. The topological polar surface area (TPSA) is 54.3 Å². The highest BCUT2D eigenvalue weighted by molar-refractivity contribution is 5.48. The van der Waals surface area contributed by atoms with Crippen molar-refractivity contribution in [1.29, 1.82) is 0 Å². The standard InChI is InChI=1S/C25H32FN5O/c1-17-27-23(30-8-6-29(7-9-30)22-4-2-21(26)3-5-22)28-24(32)31(17)16-25-13-18-10-19(14-25)12-20(11-18)15-25/h2-5,18-20H,6-16H2,1H3. The van der Waals surface area contributed by atoms with E-state index in [2.05, 4.69) is 14.8 Å². The molecule has 0 spiro atoms. The molecule has 1 aromatic heterocycles. The Morgan fingerprint density at radius 2 is 1.47 bits per heavy atom. The Balaban J connectivity index is 1.16. The first-order chi connectivity index (χ1) is 15.5. The van der Waals surface area contributed by atoms with Crippen LogP contribution in [-0.2, 0) is 6.54 Å². The van der Waals surface area contributed by atoms with Gasteiger partial charge in [0.05, 0.1) is 0 Å². The number of anilines is 2. The summed E-state index contributed by atoms with van der Waals surface area (Å²) in [5, 5.41) is 0. The molecule has 4 saturated carbocycles. The minimum atomic E-state index is -0.217. The van der Waals surface area contributed by atoms with Gasteiger partial charge >= 0.3 is 5.69 Å². The second-order valence-electron chi connectivity index (χ2n) is 10.8. The number of rotatable bonds is 4. The summed E-state index contributed by atoms with van der Waals surface area (Å²) >= 11 is 0. The largest absolute Gasteiger partial charge is 0.368 e. The zero-order chi connectivity index (χ0) is 21.9. The third-order valence-electron chi connectivity index (χ3n) is 8.49. The quantitative estimate of drug-likeness (QED) is 0.731. The minimum Gasteiger partial charge on any atom is -0.368 e. The van der Waals surface area contributed by atoms with E-state index in [9.17, 15) is 9.18 Å². The monoisotopic (exact) mass is 437 g/mol. The Hall–Kier alpha value is -2.44. The maximum Gasteiger partial charge on any atom is 0.352 e. The molecule has 5 aliphatic rings. The molecule has 0 radical (unpaired) electrons. The molecule has 1 saturated heterocycles. The first-order valence-electron chi connectivity index (χ1n) is 12.2. The molecule has 0 unspecified atom stereocenters. The van der Waals surface area contributed by atoms with Crippen LogP contribution >= 0.6 is 0 Å². The number of halogens is 1. The Morgan fingerprint density at radius 3 is 2.03 bits per heavy atom. The zero-order valence-electron chi connectivity index (χ0n) is 18.8. The summed E-state index contributed by atoms with van der Waals surface area (Å²) in [6, 6.07) is 6.63. The highest BCUT2D eigenvalue weighted by Crippen LogP contribution is 2.60. The molecule has 2 heterocycles. The Kier molecular flexibility index (Phi) is 4.77. The SMILES string of the molecule is Cc1nc(N2CCN(c3ccc(F)cc3)CC2)nc(=O)n1CC12CC3CC(CC(C3)C1)C2. The predicted molar refractivity (Wildman–Crippen MR) is 122 cm³/mol. The van der Waals surface area contributed by atoms with E-state index in [4.69, 9.17) is 4.98 Å². The van der Waals surface area contributed by atoms with Crippen LogP contribution in [0.4, 0.5) is 16.0 Å². The highest BCUT2D eigenvalue weighted by atomic mass is 19.1. The second kappa shape index (κ2) is 7.56. The summed E-state index contributed by atoms with van der Waals surface area (Å²) in [6.07, 6.45) is 8.05. The third-order valence-corrected chi connectivity index (χ3v) is 8.49. The number of aryl methyl sites for hydroxylation is 1. The van der Waals surface area contributed by atoms with Gasteiger partial charge < -0.3 is 9.80 Å². The van der Waals surface area contributed by atoms with E-state index in [-0.39, 0.29) is 16.9 Å². The van der Waals surface area contributed by atoms with Gasteiger partial charge in [-0.05, 0) is 92.9 Å². The molecule has 6 nitrogen and oxygen atoms in total. The van der Waals surface area contributed by atoms with Crippen LogP contribution in [0.3, 0.4) is 0 Å². The molecule has 0 amide bonds. The van der Waals surface area contributed by atoms with Gasteiger partial charge in [0, 0.05) is 38.4 Å². The van der Waals surface area contributed by atoms with Crippen molar-refractivity contribution < 1.29 is 4.39 Å². The van der Waals surface area contributed by atoms with Gasteiger partial charge in [-0.25, -0.2) is 9.18 Å². The number of aromatic nitrogens is 3. The second-order valence-corrected chi connectivity index (χ2v) is 10.8. The molecule has 0 N–H and O–H groups in total. The third kappa shape index (κ3) is 3.59. The van der Waals surface area contributed by atoms with Crippen molar-refractivity contribution in [2.75, 3.05) is 36.0 Å². The summed E-state index contributed by atoms with van der Waals surface area (Å²) in [7, 11) is 0. The molecule has 32 heavy (non-hydrogen) atoms. The van der Waals surface area contributed by atoms with Crippen molar-refractivity contribution in [2.45, 2.75) is 52.0 Å². The fraction of sp³-hybridized carbons (Fsp3) is 0.640. The summed E-state index contributed by atoms with van der Waals surface area (Å²) in [6.45, 7) is 5.83. The average molecular weight is 438 g/mol. The molecule has 1 aromatic carbocycles. The van der Waals surface area contributed by atoms with Gasteiger partial charge in [-0.15, -0.1) is 0 Å². The number of nitrogens with zero attached hydrogens (tertiary/aromatic N) is 5. The first-order valence-corrected chi connectivity index (χ1v) is 12.2. The van der Waals surface area contributed by atoms with Crippen LogP contribution in [0.2, 0.25) is 0 Å². The number of hydrogen-bond donors (Lipinski definition) is 0. The molecule has 4 bridgehead atoms. The van der Waals surface area contributed by atoms with Gasteiger partial charge in [0.25, 0.3) is 0 Å². The number of piperazine rings is 1. The maximum atomic E-state index is 13.2. The van der Waals surface area contributed by atoms with Gasteiger partial charge in [-0.3, -0.25) is 4.57 Å². The van der Waals surface area contributed by atoms with Crippen molar-refractivity contribution >= 4 is 11.6 Å². The van der Waals surface area contributed by atoms with Crippen LogP contribution in [0, 0.1) is 35.9 Å². The van der Waals surface area contributed by atoms with Crippen molar-refractivity contribution in [3.63, 3.8) is 0 Å². The molecule has 7 rings (SSSR count). The molecule has 2 aromatic rings. The molecule has 1 aliphatic heterocycles. The lowest BCUT2D eigenvalue weighted by Gasteiger charge is -2.57. The molecular weight excluding hydrogens is 405 g/mol. The van der Waals surface area contributed by atoms with E-state index in [0.29, 0.717) is 5.95 Å². The minimum absolute atomic E-state index is 0.149. The zero-order valence-corrected chi connectivity index (χ0v) is 18.8. The lowest BCUT2D eigenvalue weighted by atomic mass is 9.49. The summed E-state index contributed by atoms with van der Waals surface area (Å²) in [4.78, 5) is 26.6. The Bertz CT molecular complexity index is 1020. The van der Waals surface area contributed by atoms with Gasteiger partial charge in [-0.1, -0.05) is 0 Å².